The first kappa shape index (κ1) is 29.0. The number of halogens is 1. The quantitative estimate of drug-likeness (QED) is 0.158. The maximum absolute atomic E-state index is 15.0. The minimum Gasteiger partial charge on any atom is -0.494 e. The first-order valence-corrected chi connectivity index (χ1v) is 15.2. The highest BCUT2D eigenvalue weighted by Gasteiger charge is 2.16. The van der Waals surface area contributed by atoms with Crippen LogP contribution in [0, 0.1) is 5.82 Å². The summed E-state index contributed by atoms with van der Waals surface area (Å²) in [6.45, 7) is 5.06. The van der Waals surface area contributed by atoms with Crippen molar-refractivity contribution in [2.75, 3.05) is 13.2 Å². The Labute approximate surface area is 257 Å². The molecule has 0 atom stereocenters. The predicted octanol–water partition coefficient (Wildman–Crippen LogP) is 6.44. The smallest absolute Gasteiger partial charge is 0.291 e. The Balaban J connectivity index is 1.34. The topological polar surface area (TPSA) is 83.5 Å². The highest BCUT2D eigenvalue weighted by atomic mass is 32.1. The van der Waals surface area contributed by atoms with Crippen molar-refractivity contribution in [3.05, 3.63) is 117 Å². The van der Waals surface area contributed by atoms with Crippen LogP contribution in [0.25, 0.3) is 40.1 Å². The third-order valence-corrected chi connectivity index (χ3v) is 7.78. The molecule has 0 bridgehead atoms. The largest absolute Gasteiger partial charge is 0.494 e. The lowest BCUT2D eigenvalue weighted by Crippen LogP contribution is -2.23. The van der Waals surface area contributed by atoms with Gasteiger partial charge in [0, 0.05) is 17.3 Å². The Hall–Kier alpha value is -5.09. The summed E-state index contributed by atoms with van der Waals surface area (Å²) in [6, 6.07) is 22.1. The number of nitrogens with zero attached hydrogens (tertiary/aromatic N) is 5. The molecule has 6 aromatic rings. The highest BCUT2D eigenvalue weighted by molar-refractivity contribution is 7.15. The van der Waals surface area contributed by atoms with Gasteiger partial charge in [-0.05, 0) is 73.5 Å². The highest BCUT2D eigenvalue weighted by Crippen LogP contribution is 2.29. The molecule has 8 nitrogen and oxygen atoms in total. The van der Waals surface area contributed by atoms with Crippen molar-refractivity contribution < 1.29 is 13.9 Å². The fourth-order valence-electron chi connectivity index (χ4n) is 4.60. The van der Waals surface area contributed by atoms with E-state index in [0.29, 0.717) is 45.4 Å². The number of unbranched alkanes of at least 4 members (excludes halogenated alkanes) is 1. The van der Waals surface area contributed by atoms with Gasteiger partial charge in [0.25, 0.3) is 5.56 Å². The van der Waals surface area contributed by atoms with Crippen molar-refractivity contribution in [2.45, 2.75) is 26.7 Å². The molecule has 3 aromatic carbocycles. The standard InChI is InChI=1S/C34H30FN5O3S/c1-3-5-19-43-29-17-14-24(20-28(29)35)32-25(22-39(38-32)26-9-7-6-8-10-26)21-30-33(41)40-34(44-30)36-31(37-40)18-13-23-11-15-27(16-12-23)42-4-2/h6-18,20-22H,3-5,19H2,1-2H3/b18-13+,30-21-. The summed E-state index contributed by atoms with van der Waals surface area (Å²) >= 11 is 1.23. The fraction of sp³-hybridized carbons (Fsp3) is 0.176. The SMILES string of the molecule is CCCCOc1ccc(-c2nn(-c3ccccc3)cc2/C=c2\sc3nc(/C=C/c4ccc(OCC)cc4)nn3c2=O)cc1F. The molecular weight excluding hydrogens is 577 g/mol. The van der Waals surface area contributed by atoms with Gasteiger partial charge in [-0.1, -0.05) is 61.1 Å². The summed E-state index contributed by atoms with van der Waals surface area (Å²) in [6.07, 6.45) is 9.04. The van der Waals surface area contributed by atoms with Gasteiger partial charge in [-0.2, -0.15) is 14.6 Å². The van der Waals surface area contributed by atoms with Crippen LogP contribution in [-0.2, 0) is 0 Å². The van der Waals surface area contributed by atoms with Crippen LogP contribution in [-0.4, -0.2) is 37.6 Å². The number of ether oxygens (including phenoxy) is 2. The Kier molecular flexibility index (Phi) is 8.60. The van der Waals surface area contributed by atoms with E-state index in [1.807, 2.05) is 73.8 Å². The van der Waals surface area contributed by atoms with Gasteiger partial charge in [0.15, 0.2) is 17.4 Å². The van der Waals surface area contributed by atoms with E-state index in [0.717, 1.165) is 29.8 Å². The number of fused-ring (bicyclic) bond motifs is 1. The number of hydrogen-bond acceptors (Lipinski definition) is 7. The Morgan fingerprint density at radius 3 is 2.50 bits per heavy atom. The van der Waals surface area contributed by atoms with E-state index >= 15 is 4.39 Å². The van der Waals surface area contributed by atoms with Crippen LogP contribution in [0.15, 0.2) is 83.8 Å². The second-order valence-electron chi connectivity index (χ2n) is 9.98. The van der Waals surface area contributed by atoms with E-state index in [1.54, 1.807) is 29.0 Å². The van der Waals surface area contributed by atoms with Gasteiger partial charge in [-0.25, -0.2) is 9.07 Å². The van der Waals surface area contributed by atoms with Crippen LogP contribution in [0.4, 0.5) is 4.39 Å². The predicted molar refractivity (Wildman–Crippen MR) is 172 cm³/mol. The molecule has 0 radical (unpaired) electrons. The molecule has 0 unspecified atom stereocenters. The number of hydrogen-bond donors (Lipinski definition) is 0. The maximum Gasteiger partial charge on any atom is 0.291 e. The van der Waals surface area contributed by atoms with Crippen LogP contribution < -0.4 is 19.6 Å². The minimum absolute atomic E-state index is 0.204. The van der Waals surface area contributed by atoms with E-state index in [9.17, 15) is 4.79 Å². The molecular formula is C34H30FN5O3S. The summed E-state index contributed by atoms with van der Waals surface area (Å²) in [5, 5.41) is 9.18. The summed E-state index contributed by atoms with van der Waals surface area (Å²) in [5.74, 6) is 0.979. The van der Waals surface area contributed by atoms with Crippen molar-refractivity contribution in [1.82, 2.24) is 24.4 Å². The van der Waals surface area contributed by atoms with E-state index in [2.05, 4.69) is 17.0 Å². The average Bonchev–Trinajstić information content (AvgIpc) is 3.73. The van der Waals surface area contributed by atoms with Crippen molar-refractivity contribution >= 4 is 34.5 Å². The molecule has 0 aliphatic rings. The lowest BCUT2D eigenvalue weighted by atomic mass is 10.1. The molecule has 6 rings (SSSR count). The zero-order valence-electron chi connectivity index (χ0n) is 24.3. The number of benzene rings is 3. The molecule has 0 amide bonds. The minimum atomic E-state index is -0.465. The average molecular weight is 608 g/mol. The third kappa shape index (κ3) is 6.30. The summed E-state index contributed by atoms with van der Waals surface area (Å²) in [5.41, 5.74) is 3.27. The molecule has 10 heteroatoms. The lowest BCUT2D eigenvalue weighted by molar-refractivity contribution is 0.294. The zero-order chi connectivity index (χ0) is 30.5. The van der Waals surface area contributed by atoms with E-state index in [4.69, 9.17) is 14.6 Å². The number of rotatable bonds is 11. The molecule has 0 saturated heterocycles. The number of aromatic nitrogens is 5. The van der Waals surface area contributed by atoms with E-state index in [-0.39, 0.29) is 11.3 Å². The molecule has 3 aromatic heterocycles. The van der Waals surface area contributed by atoms with Crippen molar-refractivity contribution in [3.63, 3.8) is 0 Å². The first-order chi connectivity index (χ1) is 21.5. The van der Waals surface area contributed by atoms with E-state index < -0.39 is 5.82 Å². The summed E-state index contributed by atoms with van der Waals surface area (Å²) < 4.78 is 29.6. The Morgan fingerprint density at radius 2 is 1.77 bits per heavy atom. The molecule has 0 aliphatic heterocycles. The van der Waals surface area contributed by atoms with Crippen molar-refractivity contribution in [3.8, 4) is 28.4 Å². The van der Waals surface area contributed by atoms with Crippen LogP contribution in [0.1, 0.15) is 43.6 Å². The normalized spacial score (nSPS) is 12.0. The second kappa shape index (κ2) is 13.0. The summed E-state index contributed by atoms with van der Waals surface area (Å²) in [7, 11) is 0. The maximum atomic E-state index is 15.0. The van der Waals surface area contributed by atoms with Gasteiger partial charge in [-0.3, -0.25) is 4.79 Å². The molecule has 0 fully saturated rings. The van der Waals surface area contributed by atoms with Gasteiger partial charge >= 0.3 is 0 Å². The zero-order valence-corrected chi connectivity index (χ0v) is 25.1. The third-order valence-electron chi connectivity index (χ3n) is 6.82. The fourth-order valence-corrected chi connectivity index (χ4v) is 5.50. The molecule has 0 aliphatic carbocycles. The summed E-state index contributed by atoms with van der Waals surface area (Å²) in [4.78, 5) is 18.4. The van der Waals surface area contributed by atoms with Crippen molar-refractivity contribution in [2.24, 2.45) is 0 Å². The molecule has 0 N–H and O–H groups in total. The van der Waals surface area contributed by atoms with Gasteiger partial charge < -0.3 is 9.47 Å². The van der Waals surface area contributed by atoms with E-state index in [1.165, 1.54) is 21.9 Å². The van der Waals surface area contributed by atoms with Gasteiger partial charge in [0.2, 0.25) is 4.96 Å². The molecule has 3 heterocycles. The van der Waals surface area contributed by atoms with Gasteiger partial charge in [0.1, 0.15) is 11.4 Å². The Morgan fingerprint density at radius 1 is 0.955 bits per heavy atom. The molecule has 0 saturated carbocycles. The van der Waals surface area contributed by atoms with Crippen LogP contribution in [0.3, 0.4) is 0 Å². The monoisotopic (exact) mass is 607 g/mol. The Bertz CT molecular complexity index is 2030. The molecule has 0 spiro atoms. The number of para-hydroxylation sites is 1. The molecule has 44 heavy (non-hydrogen) atoms. The van der Waals surface area contributed by atoms with Crippen LogP contribution in [0.5, 0.6) is 11.5 Å². The van der Waals surface area contributed by atoms with Crippen LogP contribution in [0.2, 0.25) is 0 Å². The van der Waals surface area contributed by atoms with Crippen LogP contribution >= 0.6 is 11.3 Å². The molecule has 222 valence electrons. The first-order valence-electron chi connectivity index (χ1n) is 14.4. The number of thiazole rings is 1. The van der Waals surface area contributed by atoms with Gasteiger partial charge in [0.05, 0.1) is 23.4 Å². The van der Waals surface area contributed by atoms with Crippen molar-refractivity contribution in [1.29, 1.82) is 0 Å². The lowest BCUT2D eigenvalue weighted by Gasteiger charge is -2.08. The van der Waals surface area contributed by atoms with Gasteiger partial charge in [-0.15, -0.1) is 5.10 Å². The second-order valence-corrected chi connectivity index (χ2v) is 11.0.